The molecule has 3 rings (SSSR count). The van der Waals surface area contributed by atoms with Gasteiger partial charge < -0.3 is 10.1 Å². The lowest BCUT2D eigenvalue weighted by atomic mass is 9.78. The average Bonchev–Trinajstić information content (AvgIpc) is 2.30. The average molecular weight is 232 g/mol. The van der Waals surface area contributed by atoms with Gasteiger partial charge in [0.1, 0.15) is 5.75 Å². The van der Waals surface area contributed by atoms with Crippen LogP contribution in [0.2, 0.25) is 0 Å². The molecule has 2 bridgehead atoms. The Bertz CT molecular complexity index is 458. The lowest BCUT2D eigenvalue weighted by molar-refractivity contribution is 0.272. The fourth-order valence-electron chi connectivity index (χ4n) is 3.22. The predicted molar refractivity (Wildman–Crippen MR) is 69.7 cm³/mol. The van der Waals surface area contributed by atoms with Crippen LogP contribution >= 0.6 is 0 Å². The smallest absolute Gasteiger partial charge is 0.119 e. The van der Waals surface area contributed by atoms with Crippen LogP contribution < -0.4 is 15.4 Å². The van der Waals surface area contributed by atoms with Crippen molar-refractivity contribution >= 4 is 5.69 Å². The van der Waals surface area contributed by atoms with Gasteiger partial charge in [-0.05, 0) is 62.4 Å². The monoisotopic (exact) mass is 232 g/mol. The molecule has 1 aromatic carbocycles. The molecule has 3 nitrogen and oxygen atoms in total. The zero-order valence-electron chi connectivity index (χ0n) is 10.8. The van der Waals surface area contributed by atoms with E-state index in [-0.39, 0.29) is 5.66 Å². The Morgan fingerprint density at radius 2 is 2.24 bits per heavy atom. The molecule has 2 N–H and O–H groups in total. The predicted octanol–water partition coefficient (Wildman–Crippen LogP) is 2.61. The number of fused-ring (bicyclic) bond motifs is 4. The lowest BCUT2D eigenvalue weighted by Gasteiger charge is -2.46. The highest BCUT2D eigenvalue weighted by Crippen LogP contribution is 2.44. The van der Waals surface area contributed by atoms with Gasteiger partial charge in [-0.2, -0.15) is 0 Å². The number of ether oxygens (including phenoxy) is 1. The summed E-state index contributed by atoms with van der Waals surface area (Å²) in [7, 11) is 1.74. The third-order valence-electron chi connectivity index (χ3n) is 4.08. The Morgan fingerprint density at radius 3 is 3.00 bits per heavy atom. The van der Waals surface area contributed by atoms with Gasteiger partial charge >= 0.3 is 0 Å². The van der Waals surface area contributed by atoms with E-state index in [2.05, 4.69) is 36.6 Å². The molecule has 17 heavy (non-hydrogen) atoms. The van der Waals surface area contributed by atoms with Crippen LogP contribution in [0.3, 0.4) is 0 Å². The Morgan fingerprint density at radius 1 is 1.41 bits per heavy atom. The number of rotatable bonds is 1. The van der Waals surface area contributed by atoms with Crippen LogP contribution in [0.25, 0.3) is 0 Å². The van der Waals surface area contributed by atoms with Crippen molar-refractivity contribution in [1.29, 1.82) is 0 Å². The molecule has 0 spiro atoms. The molecule has 92 valence electrons. The van der Waals surface area contributed by atoms with Crippen molar-refractivity contribution in [2.24, 2.45) is 0 Å². The third kappa shape index (κ3) is 1.69. The van der Waals surface area contributed by atoms with Crippen molar-refractivity contribution in [3.63, 3.8) is 0 Å². The molecule has 2 aliphatic heterocycles. The van der Waals surface area contributed by atoms with Crippen LogP contribution in [0.1, 0.15) is 36.8 Å². The van der Waals surface area contributed by atoms with E-state index in [1.165, 1.54) is 23.2 Å². The summed E-state index contributed by atoms with van der Waals surface area (Å²) < 4.78 is 5.38. The highest BCUT2D eigenvalue weighted by Gasteiger charge is 2.38. The number of methoxy groups -OCH3 is 1. The van der Waals surface area contributed by atoms with Gasteiger partial charge in [0.05, 0.1) is 12.8 Å². The summed E-state index contributed by atoms with van der Waals surface area (Å²) in [6.45, 7) is 5.49. The zero-order chi connectivity index (χ0) is 12.0. The molecule has 1 fully saturated rings. The molecule has 0 aromatic heterocycles. The summed E-state index contributed by atoms with van der Waals surface area (Å²) in [5.41, 5.74) is 4.08. The van der Waals surface area contributed by atoms with Crippen LogP contribution in [0.15, 0.2) is 12.1 Å². The van der Waals surface area contributed by atoms with Gasteiger partial charge in [-0.15, -0.1) is 0 Å². The Balaban J connectivity index is 2.11. The van der Waals surface area contributed by atoms with E-state index in [1.807, 2.05) is 0 Å². The van der Waals surface area contributed by atoms with E-state index in [0.717, 1.165) is 18.7 Å². The zero-order valence-corrected chi connectivity index (χ0v) is 10.8. The van der Waals surface area contributed by atoms with E-state index < -0.39 is 0 Å². The van der Waals surface area contributed by atoms with Crippen molar-refractivity contribution in [2.45, 2.75) is 38.3 Å². The van der Waals surface area contributed by atoms with Crippen LogP contribution in [0.4, 0.5) is 5.69 Å². The molecule has 3 heteroatoms. The SMILES string of the molecule is COc1cc(C)c2c(c1)C1CCNC(C)(C1)N2. The summed E-state index contributed by atoms with van der Waals surface area (Å²) in [4.78, 5) is 0. The third-order valence-corrected chi connectivity index (χ3v) is 4.08. The summed E-state index contributed by atoms with van der Waals surface area (Å²) in [5.74, 6) is 1.64. The van der Waals surface area contributed by atoms with E-state index >= 15 is 0 Å². The molecule has 2 aliphatic rings. The standard InChI is InChI=1S/C14H20N2O/c1-9-6-11(17-3)7-12-10-4-5-15-14(2,8-10)16-13(9)12/h6-7,10,15-16H,4-5,8H2,1-3H3. The molecule has 1 aromatic rings. The molecule has 2 heterocycles. The first-order valence-corrected chi connectivity index (χ1v) is 6.33. The second-order valence-electron chi connectivity index (χ2n) is 5.48. The minimum absolute atomic E-state index is 0.0647. The Labute approximate surface area is 103 Å². The van der Waals surface area contributed by atoms with Gasteiger partial charge in [0.15, 0.2) is 0 Å². The number of aryl methyl sites for hydroxylation is 1. The maximum absolute atomic E-state index is 5.38. The molecular formula is C14H20N2O. The molecule has 0 saturated carbocycles. The minimum Gasteiger partial charge on any atom is -0.497 e. The van der Waals surface area contributed by atoms with Gasteiger partial charge in [-0.1, -0.05) is 0 Å². The number of nitrogens with one attached hydrogen (secondary N) is 2. The summed E-state index contributed by atoms with van der Waals surface area (Å²) in [6, 6.07) is 4.31. The van der Waals surface area contributed by atoms with Crippen molar-refractivity contribution < 1.29 is 4.74 Å². The number of anilines is 1. The fourth-order valence-corrected chi connectivity index (χ4v) is 3.22. The Hall–Kier alpha value is -1.22. The summed E-state index contributed by atoms with van der Waals surface area (Å²) >= 11 is 0. The molecule has 2 unspecified atom stereocenters. The van der Waals surface area contributed by atoms with Crippen LogP contribution in [-0.2, 0) is 0 Å². The topological polar surface area (TPSA) is 33.3 Å². The van der Waals surface area contributed by atoms with Crippen molar-refractivity contribution in [3.8, 4) is 5.75 Å². The van der Waals surface area contributed by atoms with E-state index in [9.17, 15) is 0 Å². The molecule has 0 aliphatic carbocycles. The van der Waals surface area contributed by atoms with Crippen LogP contribution in [0.5, 0.6) is 5.75 Å². The molecule has 0 radical (unpaired) electrons. The van der Waals surface area contributed by atoms with E-state index in [1.54, 1.807) is 7.11 Å². The fraction of sp³-hybridized carbons (Fsp3) is 0.571. The largest absolute Gasteiger partial charge is 0.497 e. The highest BCUT2D eigenvalue weighted by atomic mass is 16.5. The van der Waals surface area contributed by atoms with Gasteiger partial charge in [0.2, 0.25) is 0 Å². The maximum Gasteiger partial charge on any atom is 0.119 e. The minimum atomic E-state index is 0.0647. The molecule has 2 atom stereocenters. The second kappa shape index (κ2) is 3.64. The molecular weight excluding hydrogens is 212 g/mol. The highest BCUT2D eigenvalue weighted by molar-refractivity contribution is 5.64. The molecule has 0 amide bonds. The number of hydrogen-bond acceptors (Lipinski definition) is 3. The number of hydrogen-bond donors (Lipinski definition) is 2. The summed E-state index contributed by atoms with van der Waals surface area (Å²) in [5, 5.41) is 7.24. The van der Waals surface area contributed by atoms with Crippen molar-refractivity contribution in [3.05, 3.63) is 23.3 Å². The second-order valence-corrected chi connectivity index (χ2v) is 5.48. The van der Waals surface area contributed by atoms with E-state index in [0.29, 0.717) is 5.92 Å². The molecule has 1 saturated heterocycles. The van der Waals surface area contributed by atoms with Crippen molar-refractivity contribution in [2.75, 3.05) is 19.0 Å². The lowest BCUT2D eigenvalue weighted by Crippen LogP contribution is -2.56. The van der Waals surface area contributed by atoms with Crippen molar-refractivity contribution in [1.82, 2.24) is 5.32 Å². The van der Waals surface area contributed by atoms with Gasteiger partial charge in [0, 0.05) is 5.69 Å². The first kappa shape index (κ1) is 10.9. The maximum atomic E-state index is 5.38. The normalized spacial score (nSPS) is 30.4. The Kier molecular flexibility index (Phi) is 2.33. The first-order valence-electron chi connectivity index (χ1n) is 6.33. The quantitative estimate of drug-likeness (QED) is 0.781. The first-order chi connectivity index (χ1) is 8.11. The summed E-state index contributed by atoms with van der Waals surface area (Å²) in [6.07, 6.45) is 2.38. The van der Waals surface area contributed by atoms with Crippen LogP contribution in [-0.4, -0.2) is 19.3 Å². The number of benzene rings is 1. The number of piperidine rings is 1. The van der Waals surface area contributed by atoms with Crippen LogP contribution in [0, 0.1) is 6.92 Å². The van der Waals surface area contributed by atoms with Gasteiger partial charge in [0.25, 0.3) is 0 Å². The van der Waals surface area contributed by atoms with Gasteiger partial charge in [-0.25, -0.2) is 0 Å². The van der Waals surface area contributed by atoms with E-state index in [4.69, 9.17) is 4.74 Å². The van der Waals surface area contributed by atoms with Gasteiger partial charge in [-0.3, -0.25) is 5.32 Å².